The Balaban J connectivity index is 1.67. The highest BCUT2D eigenvalue weighted by molar-refractivity contribution is 7.92. The average Bonchev–Trinajstić information content (AvgIpc) is 2.74. The predicted molar refractivity (Wildman–Crippen MR) is 119 cm³/mol. The molecule has 0 spiro atoms. The molecule has 3 aromatic rings. The zero-order valence-electron chi connectivity index (χ0n) is 15.9. The standard InChI is InChI=1S/C21H18Cl2N2O4S/c1-25(17-5-3-2-4-6-17)21(26)14-29-20-12-11-18(13-19(20)23)30(27,28)24-16-9-7-15(22)8-10-16/h2-13,24H,14H2,1H3. The van der Waals surface area contributed by atoms with Crippen LogP contribution in [0.3, 0.4) is 0 Å². The number of hydrogen-bond donors (Lipinski definition) is 1. The third kappa shape index (κ3) is 5.44. The second-order valence-corrected chi connectivity index (χ2v) is 8.81. The molecule has 0 saturated carbocycles. The van der Waals surface area contributed by atoms with Gasteiger partial charge in [0.1, 0.15) is 5.75 Å². The maximum atomic E-state index is 12.6. The maximum Gasteiger partial charge on any atom is 0.264 e. The Morgan fingerprint density at radius 2 is 1.67 bits per heavy atom. The number of nitrogens with one attached hydrogen (secondary N) is 1. The summed E-state index contributed by atoms with van der Waals surface area (Å²) >= 11 is 12.0. The van der Waals surface area contributed by atoms with Crippen LogP contribution < -0.4 is 14.4 Å². The third-order valence-electron chi connectivity index (χ3n) is 4.18. The number of likely N-dealkylation sites (N-methyl/N-ethyl adjacent to an activating group) is 1. The molecule has 3 rings (SSSR count). The van der Waals surface area contributed by atoms with Crippen LogP contribution in [-0.2, 0) is 14.8 Å². The van der Waals surface area contributed by atoms with Crippen molar-refractivity contribution in [3.8, 4) is 5.75 Å². The molecule has 1 N–H and O–H groups in total. The summed E-state index contributed by atoms with van der Waals surface area (Å²) in [6, 6.07) is 19.4. The van der Waals surface area contributed by atoms with Crippen molar-refractivity contribution in [1.29, 1.82) is 0 Å². The fraction of sp³-hybridized carbons (Fsp3) is 0.0952. The van der Waals surface area contributed by atoms with Gasteiger partial charge >= 0.3 is 0 Å². The van der Waals surface area contributed by atoms with Gasteiger partial charge in [-0.3, -0.25) is 9.52 Å². The van der Waals surface area contributed by atoms with Crippen molar-refractivity contribution >= 4 is 50.5 Å². The van der Waals surface area contributed by atoms with E-state index in [9.17, 15) is 13.2 Å². The van der Waals surface area contributed by atoms with Crippen LogP contribution in [0.2, 0.25) is 10.0 Å². The summed E-state index contributed by atoms with van der Waals surface area (Å²) in [4.78, 5) is 13.7. The van der Waals surface area contributed by atoms with Crippen LogP contribution in [0, 0.1) is 0 Å². The van der Waals surface area contributed by atoms with Crippen molar-refractivity contribution in [3.05, 3.63) is 82.8 Å². The highest BCUT2D eigenvalue weighted by Crippen LogP contribution is 2.28. The minimum atomic E-state index is -3.85. The molecule has 0 saturated heterocycles. The molecule has 156 valence electrons. The van der Waals surface area contributed by atoms with Gasteiger partial charge in [-0.1, -0.05) is 41.4 Å². The first-order valence-electron chi connectivity index (χ1n) is 8.78. The van der Waals surface area contributed by atoms with Crippen LogP contribution in [-0.4, -0.2) is 28.0 Å². The highest BCUT2D eigenvalue weighted by atomic mass is 35.5. The average molecular weight is 465 g/mol. The number of ether oxygens (including phenoxy) is 1. The van der Waals surface area contributed by atoms with Gasteiger partial charge in [0.05, 0.1) is 9.92 Å². The van der Waals surface area contributed by atoms with Gasteiger partial charge in [-0.2, -0.15) is 0 Å². The Morgan fingerprint density at radius 3 is 2.30 bits per heavy atom. The van der Waals surface area contributed by atoms with E-state index in [1.165, 1.54) is 23.1 Å². The zero-order chi connectivity index (χ0) is 21.7. The summed E-state index contributed by atoms with van der Waals surface area (Å²) in [5, 5.41) is 0.569. The zero-order valence-corrected chi connectivity index (χ0v) is 18.2. The highest BCUT2D eigenvalue weighted by Gasteiger charge is 2.18. The number of sulfonamides is 1. The fourth-order valence-electron chi connectivity index (χ4n) is 2.53. The Bertz CT molecular complexity index is 1140. The van der Waals surface area contributed by atoms with E-state index in [1.54, 1.807) is 43.4 Å². The number of amides is 1. The molecule has 9 heteroatoms. The van der Waals surface area contributed by atoms with E-state index in [2.05, 4.69) is 4.72 Å². The van der Waals surface area contributed by atoms with E-state index in [1.807, 2.05) is 18.2 Å². The predicted octanol–water partition coefficient (Wildman–Crippen LogP) is 4.84. The second kappa shape index (κ2) is 9.38. The Labute approximate surface area is 185 Å². The molecule has 0 bridgehead atoms. The van der Waals surface area contributed by atoms with E-state index in [4.69, 9.17) is 27.9 Å². The summed E-state index contributed by atoms with van der Waals surface area (Å²) in [5.41, 5.74) is 1.09. The van der Waals surface area contributed by atoms with Crippen LogP contribution in [0.25, 0.3) is 0 Å². The van der Waals surface area contributed by atoms with E-state index >= 15 is 0 Å². The van der Waals surface area contributed by atoms with Crippen molar-refractivity contribution in [1.82, 2.24) is 0 Å². The lowest BCUT2D eigenvalue weighted by Gasteiger charge is -2.18. The molecule has 0 aliphatic heterocycles. The summed E-state index contributed by atoms with van der Waals surface area (Å²) in [7, 11) is -2.21. The molecule has 0 fully saturated rings. The largest absolute Gasteiger partial charge is 0.482 e. The molecule has 0 radical (unpaired) electrons. The molecule has 30 heavy (non-hydrogen) atoms. The number of para-hydroxylation sites is 1. The van der Waals surface area contributed by atoms with Crippen LogP contribution in [0.1, 0.15) is 0 Å². The second-order valence-electron chi connectivity index (χ2n) is 6.28. The summed E-state index contributed by atoms with van der Waals surface area (Å²) in [6.45, 7) is -0.250. The number of anilines is 2. The molecule has 0 heterocycles. The molecule has 0 aliphatic rings. The molecular formula is C21H18Cl2N2O4S. The van der Waals surface area contributed by atoms with Gasteiger partial charge in [-0.05, 0) is 54.6 Å². The molecule has 1 amide bonds. The van der Waals surface area contributed by atoms with E-state index < -0.39 is 10.0 Å². The first-order chi connectivity index (χ1) is 14.3. The minimum Gasteiger partial charge on any atom is -0.482 e. The Kier molecular flexibility index (Phi) is 6.87. The van der Waals surface area contributed by atoms with Gasteiger partial charge in [-0.25, -0.2) is 8.42 Å². The number of carbonyl (C=O) groups excluding carboxylic acids is 1. The fourth-order valence-corrected chi connectivity index (χ4v) is 4.04. The van der Waals surface area contributed by atoms with Crippen molar-refractivity contribution in [2.24, 2.45) is 0 Å². The number of rotatable bonds is 7. The normalized spacial score (nSPS) is 11.0. The maximum absolute atomic E-state index is 12.6. The number of halogens is 2. The summed E-state index contributed by atoms with van der Waals surface area (Å²) < 4.78 is 33.0. The lowest BCUT2D eigenvalue weighted by molar-refractivity contribution is -0.120. The van der Waals surface area contributed by atoms with Crippen LogP contribution in [0.15, 0.2) is 77.7 Å². The minimum absolute atomic E-state index is 0.0393. The SMILES string of the molecule is CN(C(=O)COc1ccc(S(=O)(=O)Nc2ccc(Cl)cc2)cc1Cl)c1ccccc1. The van der Waals surface area contributed by atoms with Gasteiger partial charge in [-0.15, -0.1) is 0 Å². The molecule has 6 nitrogen and oxygen atoms in total. The molecule has 0 aromatic heterocycles. The van der Waals surface area contributed by atoms with E-state index in [0.29, 0.717) is 10.7 Å². The van der Waals surface area contributed by atoms with Gasteiger partial charge in [0.15, 0.2) is 6.61 Å². The molecule has 0 aliphatic carbocycles. The van der Waals surface area contributed by atoms with Crippen molar-refractivity contribution < 1.29 is 17.9 Å². The molecular weight excluding hydrogens is 447 g/mol. The van der Waals surface area contributed by atoms with Crippen LogP contribution in [0.4, 0.5) is 11.4 Å². The van der Waals surface area contributed by atoms with Crippen LogP contribution >= 0.6 is 23.2 Å². The lowest BCUT2D eigenvalue weighted by atomic mass is 10.3. The molecule has 3 aromatic carbocycles. The molecule has 0 unspecified atom stereocenters. The number of hydrogen-bond acceptors (Lipinski definition) is 4. The Morgan fingerprint density at radius 1 is 1.00 bits per heavy atom. The number of benzene rings is 3. The Hall–Kier alpha value is -2.74. The first kappa shape index (κ1) is 22.0. The lowest BCUT2D eigenvalue weighted by Crippen LogP contribution is -2.31. The van der Waals surface area contributed by atoms with Gasteiger partial charge in [0, 0.05) is 23.4 Å². The smallest absolute Gasteiger partial charge is 0.264 e. The molecule has 0 atom stereocenters. The van der Waals surface area contributed by atoms with E-state index in [-0.39, 0.29) is 28.2 Å². The van der Waals surface area contributed by atoms with Crippen LogP contribution in [0.5, 0.6) is 5.75 Å². The number of nitrogens with zero attached hydrogens (tertiary/aromatic N) is 1. The first-order valence-corrected chi connectivity index (χ1v) is 11.0. The van der Waals surface area contributed by atoms with Crippen molar-refractivity contribution in [2.75, 3.05) is 23.3 Å². The van der Waals surface area contributed by atoms with Crippen molar-refractivity contribution in [2.45, 2.75) is 4.90 Å². The quantitative estimate of drug-likeness (QED) is 0.542. The van der Waals surface area contributed by atoms with Gasteiger partial charge in [0.25, 0.3) is 15.9 Å². The number of carbonyl (C=O) groups is 1. The third-order valence-corrected chi connectivity index (χ3v) is 6.11. The van der Waals surface area contributed by atoms with Gasteiger partial charge in [0.2, 0.25) is 0 Å². The van der Waals surface area contributed by atoms with Gasteiger partial charge < -0.3 is 9.64 Å². The summed E-state index contributed by atoms with van der Waals surface area (Å²) in [5.74, 6) is -0.0738. The van der Waals surface area contributed by atoms with Crippen molar-refractivity contribution in [3.63, 3.8) is 0 Å². The topological polar surface area (TPSA) is 75.7 Å². The monoisotopic (exact) mass is 464 g/mol. The summed E-state index contributed by atoms with van der Waals surface area (Å²) in [6.07, 6.45) is 0. The van der Waals surface area contributed by atoms with E-state index in [0.717, 1.165) is 5.69 Å².